The fourth-order valence-electron chi connectivity index (χ4n) is 2.54. The first-order valence-electron chi connectivity index (χ1n) is 7.61. The van der Waals surface area contributed by atoms with Crippen LogP contribution in [0, 0.1) is 0 Å². The number of benzene rings is 1. The highest BCUT2D eigenvalue weighted by Crippen LogP contribution is 2.14. The average molecular weight is 356 g/mol. The molecule has 1 aromatic carbocycles. The Morgan fingerprint density at radius 2 is 1.91 bits per heavy atom. The van der Waals surface area contributed by atoms with Crippen molar-refractivity contribution in [2.75, 3.05) is 38.2 Å². The van der Waals surface area contributed by atoms with E-state index in [1.165, 1.54) is 0 Å². The van der Waals surface area contributed by atoms with Crippen LogP contribution in [0.5, 0.6) is 0 Å². The van der Waals surface area contributed by atoms with E-state index in [-0.39, 0.29) is 11.8 Å². The van der Waals surface area contributed by atoms with E-state index in [2.05, 4.69) is 0 Å². The number of nitrogens with two attached hydrogens (primary N) is 1. The summed E-state index contributed by atoms with van der Waals surface area (Å²) in [6.45, 7) is 2.09. The van der Waals surface area contributed by atoms with E-state index < -0.39 is 6.04 Å². The summed E-state index contributed by atoms with van der Waals surface area (Å²) in [5.74, 6) is 0.806. The van der Waals surface area contributed by atoms with Gasteiger partial charge in [0.05, 0.1) is 6.04 Å². The molecule has 126 valence electrons. The van der Waals surface area contributed by atoms with Gasteiger partial charge >= 0.3 is 0 Å². The number of thioether (sulfide) groups is 1. The normalized spacial score (nSPS) is 16.3. The van der Waals surface area contributed by atoms with Crippen molar-refractivity contribution in [2.45, 2.75) is 12.5 Å². The van der Waals surface area contributed by atoms with E-state index in [0.29, 0.717) is 43.2 Å². The Hall–Kier alpha value is -1.24. The van der Waals surface area contributed by atoms with Gasteiger partial charge in [0.1, 0.15) is 0 Å². The molecule has 0 unspecified atom stereocenters. The second kappa shape index (κ2) is 8.57. The standard InChI is InChI=1S/C16H22ClN3O2S/c1-23-10-5-14(18)16(22)20-8-6-19(7-9-20)15(21)12-3-2-4-13(17)11-12/h2-4,11,14H,5-10,18H2,1H3/t14-/m0/s1. The molecule has 1 aliphatic rings. The lowest BCUT2D eigenvalue weighted by Crippen LogP contribution is -2.54. The molecular formula is C16H22ClN3O2S. The second-order valence-electron chi connectivity index (χ2n) is 5.52. The molecule has 2 rings (SSSR count). The minimum atomic E-state index is -0.447. The summed E-state index contributed by atoms with van der Waals surface area (Å²) in [7, 11) is 0. The zero-order valence-electron chi connectivity index (χ0n) is 13.2. The zero-order valence-corrected chi connectivity index (χ0v) is 14.8. The third-order valence-electron chi connectivity index (χ3n) is 3.90. The Bertz CT molecular complexity index is 562. The molecule has 0 spiro atoms. The number of piperazine rings is 1. The molecule has 0 saturated carbocycles. The molecule has 0 aromatic heterocycles. The molecule has 23 heavy (non-hydrogen) atoms. The lowest BCUT2D eigenvalue weighted by atomic mass is 10.1. The molecular weight excluding hydrogens is 334 g/mol. The van der Waals surface area contributed by atoms with E-state index in [0.717, 1.165) is 5.75 Å². The Kier molecular flexibility index (Phi) is 6.74. The molecule has 2 amide bonds. The summed E-state index contributed by atoms with van der Waals surface area (Å²) in [6.07, 6.45) is 2.68. The summed E-state index contributed by atoms with van der Waals surface area (Å²) in [4.78, 5) is 28.2. The maximum atomic E-state index is 12.4. The summed E-state index contributed by atoms with van der Waals surface area (Å²) < 4.78 is 0. The van der Waals surface area contributed by atoms with Crippen molar-refractivity contribution in [3.8, 4) is 0 Å². The third-order valence-corrected chi connectivity index (χ3v) is 4.78. The van der Waals surface area contributed by atoms with Crippen molar-refractivity contribution >= 4 is 35.2 Å². The molecule has 0 aliphatic carbocycles. The number of hydrogen-bond acceptors (Lipinski definition) is 4. The fourth-order valence-corrected chi connectivity index (χ4v) is 3.22. The number of nitrogens with zero attached hydrogens (tertiary/aromatic N) is 2. The van der Waals surface area contributed by atoms with Gasteiger partial charge < -0.3 is 15.5 Å². The number of rotatable bonds is 5. The lowest BCUT2D eigenvalue weighted by Gasteiger charge is -2.36. The summed E-state index contributed by atoms with van der Waals surface area (Å²) in [6, 6.07) is 6.48. The molecule has 7 heteroatoms. The molecule has 2 N–H and O–H groups in total. The van der Waals surface area contributed by atoms with Gasteiger partial charge in [-0.1, -0.05) is 17.7 Å². The van der Waals surface area contributed by atoms with Gasteiger partial charge in [-0.15, -0.1) is 0 Å². The average Bonchev–Trinajstić information content (AvgIpc) is 2.58. The van der Waals surface area contributed by atoms with Crippen LogP contribution < -0.4 is 5.73 Å². The Balaban J connectivity index is 1.88. The highest BCUT2D eigenvalue weighted by molar-refractivity contribution is 7.98. The van der Waals surface area contributed by atoms with Crippen molar-refractivity contribution in [1.29, 1.82) is 0 Å². The van der Waals surface area contributed by atoms with Crippen molar-refractivity contribution < 1.29 is 9.59 Å². The maximum absolute atomic E-state index is 12.4. The molecule has 1 aliphatic heterocycles. The maximum Gasteiger partial charge on any atom is 0.254 e. The number of hydrogen-bond donors (Lipinski definition) is 1. The van der Waals surface area contributed by atoms with Crippen LogP contribution in [0.4, 0.5) is 0 Å². The number of amides is 2. The van der Waals surface area contributed by atoms with Gasteiger partial charge in [-0.3, -0.25) is 9.59 Å². The smallest absolute Gasteiger partial charge is 0.254 e. The second-order valence-corrected chi connectivity index (χ2v) is 6.94. The quantitative estimate of drug-likeness (QED) is 0.873. The molecule has 0 radical (unpaired) electrons. The molecule has 1 aromatic rings. The van der Waals surface area contributed by atoms with Gasteiger partial charge in [0.15, 0.2) is 0 Å². The molecule has 5 nitrogen and oxygen atoms in total. The van der Waals surface area contributed by atoms with Gasteiger partial charge in [0.25, 0.3) is 5.91 Å². The first kappa shape index (κ1) is 18.1. The molecule has 1 atom stereocenters. The Morgan fingerprint density at radius 3 is 2.52 bits per heavy atom. The van der Waals surface area contributed by atoms with Crippen LogP contribution in [0.25, 0.3) is 0 Å². The van der Waals surface area contributed by atoms with Crippen LogP contribution in [-0.2, 0) is 4.79 Å². The van der Waals surface area contributed by atoms with Gasteiger partial charge in [-0.05, 0) is 36.6 Å². The predicted octanol–water partition coefficient (Wildman–Crippen LogP) is 1.70. The Morgan fingerprint density at radius 1 is 1.26 bits per heavy atom. The minimum Gasteiger partial charge on any atom is -0.338 e. The first-order chi connectivity index (χ1) is 11.0. The van der Waals surface area contributed by atoms with Crippen molar-refractivity contribution in [2.24, 2.45) is 5.73 Å². The van der Waals surface area contributed by atoms with Crippen LogP contribution >= 0.6 is 23.4 Å². The summed E-state index contributed by atoms with van der Waals surface area (Å²) >= 11 is 7.61. The van der Waals surface area contributed by atoms with Gasteiger partial charge in [0, 0.05) is 36.8 Å². The van der Waals surface area contributed by atoms with E-state index in [1.807, 2.05) is 6.26 Å². The highest BCUT2D eigenvalue weighted by Gasteiger charge is 2.27. The monoisotopic (exact) mass is 355 g/mol. The van der Waals surface area contributed by atoms with Crippen molar-refractivity contribution in [3.05, 3.63) is 34.9 Å². The van der Waals surface area contributed by atoms with E-state index in [4.69, 9.17) is 17.3 Å². The summed E-state index contributed by atoms with van der Waals surface area (Å²) in [5, 5.41) is 0.546. The van der Waals surface area contributed by atoms with Crippen molar-refractivity contribution in [3.63, 3.8) is 0 Å². The Labute approximate surface area is 146 Å². The molecule has 1 fully saturated rings. The van der Waals surface area contributed by atoms with Gasteiger partial charge in [0.2, 0.25) is 5.91 Å². The largest absolute Gasteiger partial charge is 0.338 e. The van der Waals surface area contributed by atoms with Crippen LogP contribution in [0.15, 0.2) is 24.3 Å². The van der Waals surface area contributed by atoms with Gasteiger partial charge in [-0.25, -0.2) is 0 Å². The number of halogens is 1. The van der Waals surface area contributed by atoms with E-state index in [1.54, 1.807) is 45.8 Å². The van der Waals surface area contributed by atoms with Crippen LogP contribution in [0.2, 0.25) is 5.02 Å². The summed E-state index contributed by atoms with van der Waals surface area (Å²) in [5.41, 5.74) is 6.51. The molecule has 0 bridgehead atoms. The predicted molar refractivity (Wildman–Crippen MR) is 94.9 cm³/mol. The van der Waals surface area contributed by atoms with E-state index in [9.17, 15) is 9.59 Å². The highest BCUT2D eigenvalue weighted by atomic mass is 35.5. The topological polar surface area (TPSA) is 66.6 Å². The fraction of sp³-hybridized carbons (Fsp3) is 0.500. The van der Waals surface area contributed by atoms with Crippen LogP contribution in [0.1, 0.15) is 16.8 Å². The molecule has 1 saturated heterocycles. The third kappa shape index (κ3) is 4.86. The molecule has 1 heterocycles. The van der Waals surface area contributed by atoms with Gasteiger partial charge in [-0.2, -0.15) is 11.8 Å². The number of carbonyl (C=O) groups is 2. The van der Waals surface area contributed by atoms with E-state index >= 15 is 0 Å². The minimum absolute atomic E-state index is 0.0195. The zero-order chi connectivity index (χ0) is 16.8. The lowest BCUT2D eigenvalue weighted by molar-refractivity contribution is -0.134. The van der Waals surface area contributed by atoms with Crippen molar-refractivity contribution in [1.82, 2.24) is 9.80 Å². The van der Waals surface area contributed by atoms with Crippen LogP contribution in [0.3, 0.4) is 0 Å². The first-order valence-corrected chi connectivity index (χ1v) is 9.38. The van der Waals surface area contributed by atoms with Crippen LogP contribution in [-0.4, -0.2) is 65.8 Å². The number of carbonyl (C=O) groups excluding carboxylic acids is 2. The SMILES string of the molecule is CSCC[C@H](N)C(=O)N1CCN(C(=O)c2cccc(Cl)c2)CC1.